The Labute approximate surface area is 138 Å². The second-order valence-corrected chi connectivity index (χ2v) is 5.65. The number of nitrogens with one attached hydrogen (secondary N) is 2. The molecule has 108 valence electrons. The first-order valence-corrected chi connectivity index (χ1v) is 7.81. The Hall–Kier alpha value is -1.72. The molecule has 0 aliphatic carbocycles. The number of benzene rings is 2. The van der Waals surface area contributed by atoms with Gasteiger partial charge in [0.05, 0.1) is 6.21 Å². The van der Waals surface area contributed by atoms with Crippen LogP contribution in [0.1, 0.15) is 11.1 Å². The normalized spacial score (nSPS) is 10.5. The molecular formula is C16H16BrN3S. The van der Waals surface area contributed by atoms with Gasteiger partial charge in [0.2, 0.25) is 0 Å². The third-order valence-electron chi connectivity index (χ3n) is 2.82. The molecule has 0 saturated carbocycles. The third-order valence-corrected chi connectivity index (χ3v) is 3.77. The highest BCUT2D eigenvalue weighted by Gasteiger charge is 1.96. The van der Waals surface area contributed by atoms with Crippen molar-refractivity contribution in [2.24, 2.45) is 5.10 Å². The van der Waals surface area contributed by atoms with E-state index in [4.69, 9.17) is 12.2 Å². The number of hydrogen-bond donors (Lipinski definition) is 2. The molecule has 0 aliphatic rings. The molecule has 2 rings (SSSR count). The van der Waals surface area contributed by atoms with Crippen molar-refractivity contribution in [3.05, 3.63) is 70.2 Å². The quantitative estimate of drug-likeness (QED) is 0.486. The van der Waals surface area contributed by atoms with Gasteiger partial charge in [0.25, 0.3) is 0 Å². The van der Waals surface area contributed by atoms with Crippen molar-refractivity contribution in [1.29, 1.82) is 0 Å². The first-order valence-electron chi connectivity index (χ1n) is 6.61. The minimum atomic E-state index is 0.522. The maximum absolute atomic E-state index is 5.17. The van der Waals surface area contributed by atoms with E-state index in [9.17, 15) is 0 Å². The monoisotopic (exact) mass is 361 g/mol. The first kappa shape index (κ1) is 15.7. The Morgan fingerprint density at radius 1 is 1.10 bits per heavy atom. The lowest BCUT2D eigenvalue weighted by molar-refractivity contribution is 0.838. The van der Waals surface area contributed by atoms with Crippen molar-refractivity contribution < 1.29 is 0 Å². The Morgan fingerprint density at radius 2 is 1.81 bits per heavy atom. The summed E-state index contributed by atoms with van der Waals surface area (Å²) in [4.78, 5) is 0. The highest BCUT2D eigenvalue weighted by atomic mass is 79.9. The van der Waals surface area contributed by atoms with Crippen LogP contribution in [0.25, 0.3) is 0 Å². The summed E-state index contributed by atoms with van der Waals surface area (Å²) in [5.41, 5.74) is 5.09. The number of hydrazone groups is 1. The second-order valence-electron chi connectivity index (χ2n) is 4.38. The predicted molar refractivity (Wildman–Crippen MR) is 95.6 cm³/mol. The lowest BCUT2D eigenvalue weighted by Crippen LogP contribution is -2.33. The van der Waals surface area contributed by atoms with Crippen molar-refractivity contribution in [1.82, 2.24) is 10.7 Å². The van der Waals surface area contributed by atoms with E-state index < -0.39 is 0 Å². The number of hydrogen-bond acceptors (Lipinski definition) is 2. The maximum atomic E-state index is 5.17. The van der Waals surface area contributed by atoms with Crippen molar-refractivity contribution in [3.8, 4) is 0 Å². The van der Waals surface area contributed by atoms with E-state index in [-0.39, 0.29) is 0 Å². The Kier molecular flexibility index (Phi) is 6.37. The zero-order valence-corrected chi connectivity index (χ0v) is 13.8. The molecule has 2 N–H and O–H groups in total. The summed E-state index contributed by atoms with van der Waals surface area (Å²) in [6.45, 7) is 0.778. The second kappa shape index (κ2) is 8.54. The average molecular weight is 362 g/mol. The van der Waals surface area contributed by atoms with Crippen LogP contribution < -0.4 is 10.7 Å². The van der Waals surface area contributed by atoms with Crippen molar-refractivity contribution in [2.75, 3.05) is 6.54 Å². The molecule has 0 heterocycles. The van der Waals surface area contributed by atoms with Crippen LogP contribution in [-0.4, -0.2) is 17.9 Å². The zero-order chi connectivity index (χ0) is 14.9. The summed E-state index contributed by atoms with van der Waals surface area (Å²) in [6, 6.07) is 18.2. The van der Waals surface area contributed by atoms with Crippen LogP contribution in [0.3, 0.4) is 0 Å². The molecule has 3 nitrogen and oxygen atoms in total. The lowest BCUT2D eigenvalue weighted by Gasteiger charge is -2.06. The van der Waals surface area contributed by atoms with Crippen molar-refractivity contribution in [2.45, 2.75) is 6.42 Å². The molecule has 0 radical (unpaired) electrons. The van der Waals surface area contributed by atoms with Crippen LogP contribution >= 0.6 is 28.1 Å². The summed E-state index contributed by atoms with van der Waals surface area (Å²) in [7, 11) is 0. The molecular weight excluding hydrogens is 346 g/mol. The molecule has 21 heavy (non-hydrogen) atoms. The lowest BCUT2D eigenvalue weighted by atomic mass is 10.1. The molecule has 5 heteroatoms. The van der Waals surface area contributed by atoms with Crippen LogP contribution in [-0.2, 0) is 6.42 Å². The molecule has 2 aromatic carbocycles. The average Bonchev–Trinajstić information content (AvgIpc) is 2.50. The molecule has 0 bridgehead atoms. The van der Waals surface area contributed by atoms with Crippen molar-refractivity contribution in [3.63, 3.8) is 0 Å². The van der Waals surface area contributed by atoms with Gasteiger partial charge in [0.1, 0.15) is 0 Å². The van der Waals surface area contributed by atoms with Gasteiger partial charge in [-0.1, -0.05) is 64.5 Å². The van der Waals surface area contributed by atoms with Gasteiger partial charge >= 0.3 is 0 Å². The van der Waals surface area contributed by atoms with E-state index in [2.05, 4.69) is 43.9 Å². The molecule has 2 aromatic rings. The largest absolute Gasteiger partial charge is 0.361 e. The molecule has 0 saturated heterocycles. The van der Waals surface area contributed by atoms with Gasteiger partial charge in [0, 0.05) is 16.6 Å². The fraction of sp³-hybridized carbons (Fsp3) is 0.125. The molecule has 0 unspecified atom stereocenters. The van der Waals surface area contributed by atoms with Crippen LogP contribution in [0.2, 0.25) is 0 Å². The predicted octanol–water partition coefficient (Wildman–Crippen LogP) is 3.49. The Morgan fingerprint density at radius 3 is 2.57 bits per heavy atom. The third kappa shape index (κ3) is 5.65. The van der Waals surface area contributed by atoms with E-state index in [1.54, 1.807) is 6.21 Å². The Balaban J connectivity index is 1.71. The maximum Gasteiger partial charge on any atom is 0.186 e. The number of rotatable bonds is 5. The Bertz CT molecular complexity index is 614. The van der Waals surface area contributed by atoms with Crippen molar-refractivity contribution >= 4 is 39.5 Å². The van der Waals surface area contributed by atoms with Gasteiger partial charge in [-0.15, -0.1) is 0 Å². The number of halogens is 1. The fourth-order valence-electron chi connectivity index (χ4n) is 1.74. The molecule has 0 fully saturated rings. The summed E-state index contributed by atoms with van der Waals surface area (Å²) in [5, 5.41) is 7.77. The smallest absolute Gasteiger partial charge is 0.186 e. The SMILES string of the molecule is S=C(NCCc1ccccc1)NN=Cc1ccccc1Br. The summed E-state index contributed by atoms with van der Waals surface area (Å²) >= 11 is 8.63. The van der Waals surface area contributed by atoms with E-state index >= 15 is 0 Å². The highest BCUT2D eigenvalue weighted by Crippen LogP contribution is 2.13. The minimum absolute atomic E-state index is 0.522. The van der Waals surface area contributed by atoms with Gasteiger partial charge in [-0.2, -0.15) is 5.10 Å². The van der Waals surface area contributed by atoms with E-state index in [1.165, 1.54) is 5.56 Å². The van der Waals surface area contributed by atoms with Gasteiger partial charge in [0.15, 0.2) is 5.11 Å². The summed E-state index contributed by atoms with van der Waals surface area (Å²) in [6.07, 6.45) is 2.66. The van der Waals surface area contributed by atoms with Gasteiger partial charge < -0.3 is 5.32 Å². The first-order chi connectivity index (χ1) is 10.3. The highest BCUT2D eigenvalue weighted by molar-refractivity contribution is 9.10. The van der Waals surface area contributed by atoms with Crippen LogP contribution in [0, 0.1) is 0 Å². The van der Waals surface area contributed by atoms with Gasteiger partial charge in [-0.05, 0) is 30.3 Å². The summed E-state index contributed by atoms with van der Waals surface area (Å²) in [5.74, 6) is 0. The molecule has 0 atom stereocenters. The van der Waals surface area contributed by atoms with Gasteiger partial charge in [-0.25, -0.2) is 0 Å². The molecule has 0 spiro atoms. The van der Waals surface area contributed by atoms with Crippen LogP contribution in [0.15, 0.2) is 64.2 Å². The fourth-order valence-corrected chi connectivity index (χ4v) is 2.29. The molecule has 0 aromatic heterocycles. The minimum Gasteiger partial charge on any atom is -0.361 e. The van der Waals surface area contributed by atoms with E-state index in [1.807, 2.05) is 42.5 Å². The van der Waals surface area contributed by atoms with Crippen LogP contribution in [0.4, 0.5) is 0 Å². The molecule has 0 amide bonds. The van der Waals surface area contributed by atoms with E-state index in [0.717, 1.165) is 23.0 Å². The summed E-state index contributed by atoms with van der Waals surface area (Å²) < 4.78 is 0.999. The van der Waals surface area contributed by atoms with Gasteiger partial charge in [-0.3, -0.25) is 5.43 Å². The zero-order valence-electron chi connectivity index (χ0n) is 11.4. The van der Waals surface area contributed by atoms with Crippen LogP contribution in [0.5, 0.6) is 0 Å². The topological polar surface area (TPSA) is 36.4 Å². The molecule has 0 aliphatic heterocycles. The number of thiocarbonyl (C=S) groups is 1. The standard InChI is InChI=1S/C16H16BrN3S/c17-15-9-5-4-8-14(15)12-19-20-16(21)18-11-10-13-6-2-1-3-7-13/h1-9,12H,10-11H2,(H2,18,20,21). The van der Waals surface area contributed by atoms with E-state index in [0.29, 0.717) is 5.11 Å². The number of nitrogens with zero attached hydrogens (tertiary/aromatic N) is 1.